The Hall–Kier alpha value is -0.500. The van der Waals surface area contributed by atoms with Crippen LogP contribution in [-0.2, 0) is 10.0 Å². The molecule has 0 radical (unpaired) electrons. The molecule has 3 N–H and O–H groups in total. The first-order valence-electron chi connectivity index (χ1n) is 4.61. The molecule has 1 rings (SSSR count). The summed E-state index contributed by atoms with van der Waals surface area (Å²) in [6.45, 7) is 0.218. The number of nitrogens with two attached hydrogens (primary N) is 1. The molecule has 96 valence electrons. The van der Waals surface area contributed by atoms with Gasteiger partial charge in [0.2, 0.25) is 10.0 Å². The van der Waals surface area contributed by atoms with E-state index >= 15 is 0 Å². The van der Waals surface area contributed by atoms with Crippen LogP contribution in [0.25, 0.3) is 0 Å². The van der Waals surface area contributed by atoms with Crippen molar-refractivity contribution in [1.29, 1.82) is 0 Å². The van der Waals surface area contributed by atoms with Crippen molar-refractivity contribution < 1.29 is 12.8 Å². The number of hydrogen-bond acceptors (Lipinski definition) is 4. The average molecular weight is 299 g/mol. The Labute approximate surface area is 109 Å². The van der Waals surface area contributed by atoms with Crippen molar-refractivity contribution in [3.63, 3.8) is 0 Å². The molecule has 17 heavy (non-hydrogen) atoms. The van der Waals surface area contributed by atoms with Crippen LogP contribution in [0, 0.1) is 5.82 Å². The number of nitrogen functional groups attached to an aromatic ring is 1. The molecule has 0 spiro atoms. The van der Waals surface area contributed by atoms with E-state index in [0.717, 1.165) is 12.1 Å². The van der Waals surface area contributed by atoms with E-state index in [0.29, 0.717) is 5.75 Å². The third-order valence-corrected chi connectivity index (χ3v) is 4.25. The number of rotatable bonds is 5. The Balaban J connectivity index is 3.06. The normalized spacial score (nSPS) is 11.7. The maximum atomic E-state index is 13.6. The lowest BCUT2D eigenvalue weighted by Gasteiger charge is -2.08. The van der Waals surface area contributed by atoms with Crippen molar-refractivity contribution >= 4 is 39.1 Å². The highest BCUT2D eigenvalue weighted by Gasteiger charge is 2.21. The van der Waals surface area contributed by atoms with Gasteiger partial charge in [-0.25, -0.2) is 17.5 Å². The highest BCUT2D eigenvalue weighted by Crippen LogP contribution is 2.25. The van der Waals surface area contributed by atoms with Crippen LogP contribution >= 0.6 is 23.4 Å². The number of benzene rings is 1. The third kappa shape index (κ3) is 3.74. The number of nitrogens with one attached hydrogen (secondary N) is 1. The molecule has 0 saturated carbocycles. The van der Waals surface area contributed by atoms with Crippen molar-refractivity contribution in [3.8, 4) is 0 Å². The minimum absolute atomic E-state index is 0.0987. The second-order valence-corrected chi connectivity index (χ2v) is 6.33. The van der Waals surface area contributed by atoms with Crippen molar-refractivity contribution in [2.45, 2.75) is 4.90 Å². The van der Waals surface area contributed by atoms with Crippen LogP contribution in [0.5, 0.6) is 0 Å². The van der Waals surface area contributed by atoms with Crippen molar-refractivity contribution in [2.75, 3.05) is 24.3 Å². The van der Waals surface area contributed by atoms with Crippen LogP contribution < -0.4 is 10.5 Å². The molecule has 0 heterocycles. The van der Waals surface area contributed by atoms with E-state index in [9.17, 15) is 12.8 Å². The highest BCUT2D eigenvalue weighted by atomic mass is 35.5. The van der Waals surface area contributed by atoms with Crippen LogP contribution in [0.1, 0.15) is 0 Å². The second-order valence-electron chi connectivity index (χ2n) is 3.21. The molecule has 0 aromatic heterocycles. The van der Waals surface area contributed by atoms with Gasteiger partial charge in [0.1, 0.15) is 4.90 Å². The van der Waals surface area contributed by atoms with E-state index in [1.165, 1.54) is 11.8 Å². The summed E-state index contributed by atoms with van der Waals surface area (Å²) in [4.78, 5) is -0.524. The fourth-order valence-electron chi connectivity index (χ4n) is 1.14. The van der Waals surface area contributed by atoms with Gasteiger partial charge < -0.3 is 5.73 Å². The summed E-state index contributed by atoms with van der Waals surface area (Å²) in [5.74, 6) is -0.394. The molecule has 0 atom stereocenters. The Morgan fingerprint density at radius 2 is 2.18 bits per heavy atom. The van der Waals surface area contributed by atoms with E-state index in [1.54, 1.807) is 0 Å². The average Bonchev–Trinajstić information content (AvgIpc) is 2.23. The van der Waals surface area contributed by atoms with Gasteiger partial charge in [-0.05, 0) is 18.4 Å². The number of hydrogen-bond donors (Lipinski definition) is 2. The largest absolute Gasteiger partial charge is 0.399 e. The summed E-state index contributed by atoms with van der Waals surface area (Å²) in [7, 11) is -3.91. The molecule has 0 aliphatic heterocycles. The zero-order valence-corrected chi connectivity index (χ0v) is 11.4. The molecular formula is C9H12ClFN2O2S2. The number of thioether (sulfide) groups is 1. The molecule has 1 aromatic carbocycles. The van der Waals surface area contributed by atoms with E-state index in [-0.39, 0.29) is 17.3 Å². The number of halogens is 2. The molecule has 0 fully saturated rings. The Kier molecular flexibility index (Phi) is 5.05. The zero-order valence-electron chi connectivity index (χ0n) is 9.04. The molecule has 0 amide bonds. The first-order valence-corrected chi connectivity index (χ1v) is 7.87. The fraction of sp³-hybridized carbons (Fsp3) is 0.333. The smallest absolute Gasteiger partial charge is 0.243 e. The summed E-state index contributed by atoms with van der Waals surface area (Å²) < 4.78 is 39.4. The van der Waals surface area contributed by atoms with Gasteiger partial charge in [0, 0.05) is 18.0 Å². The van der Waals surface area contributed by atoms with Crippen LogP contribution in [0.4, 0.5) is 10.1 Å². The van der Waals surface area contributed by atoms with Crippen molar-refractivity contribution in [3.05, 3.63) is 23.0 Å². The SMILES string of the molecule is CSCCNS(=O)(=O)c1cc(N)cc(Cl)c1F. The Morgan fingerprint density at radius 1 is 1.53 bits per heavy atom. The highest BCUT2D eigenvalue weighted by molar-refractivity contribution is 7.98. The first-order chi connectivity index (χ1) is 7.88. The predicted molar refractivity (Wildman–Crippen MR) is 69.4 cm³/mol. The van der Waals surface area contributed by atoms with Gasteiger partial charge in [-0.3, -0.25) is 0 Å². The van der Waals surface area contributed by atoms with Crippen molar-refractivity contribution in [2.24, 2.45) is 0 Å². The molecule has 4 nitrogen and oxygen atoms in total. The summed E-state index contributed by atoms with van der Waals surface area (Å²) in [6.07, 6.45) is 1.84. The van der Waals surface area contributed by atoms with E-state index < -0.39 is 20.7 Å². The summed E-state index contributed by atoms with van der Waals surface area (Å²) >= 11 is 7.01. The summed E-state index contributed by atoms with van der Waals surface area (Å²) in [6, 6.07) is 2.21. The Morgan fingerprint density at radius 3 is 2.76 bits per heavy atom. The minimum Gasteiger partial charge on any atom is -0.399 e. The van der Waals surface area contributed by atoms with Crippen LogP contribution in [0.2, 0.25) is 5.02 Å². The van der Waals surface area contributed by atoms with E-state index in [2.05, 4.69) is 4.72 Å². The zero-order chi connectivity index (χ0) is 13.1. The van der Waals surface area contributed by atoms with E-state index in [4.69, 9.17) is 17.3 Å². The maximum absolute atomic E-state index is 13.6. The minimum atomic E-state index is -3.91. The summed E-state index contributed by atoms with van der Waals surface area (Å²) in [5.41, 5.74) is 5.53. The second kappa shape index (κ2) is 5.90. The van der Waals surface area contributed by atoms with Crippen LogP contribution in [0.3, 0.4) is 0 Å². The standard InChI is InChI=1S/C9H12ClFN2O2S2/c1-16-3-2-13-17(14,15)8-5-6(12)4-7(10)9(8)11/h4-5,13H,2-3,12H2,1H3. The predicted octanol–water partition coefficient (Wildman–Crippen LogP) is 1.70. The van der Waals surface area contributed by atoms with Gasteiger partial charge in [-0.1, -0.05) is 11.6 Å². The maximum Gasteiger partial charge on any atom is 0.243 e. The molecule has 0 unspecified atom stereocenters. The lowest BCUT2D eigenvalue weighted by atomic mass is 10.3. The van der Waals surface area contributed by atoms with Crippen LogP contribution in [-0.4, -0.2) is 27.0 Å². The molecule has 0 bridgehead atoms. The first kappa shape index (κ1) is 14.6. The lowest BCUT2D eigenvalue weighted by Crippen LogP contribution is -2.27. The van der Waals surface area contributed by atoms with Crippen LogP contribution in [0.15, 0.2) is 17.0 Å². The molecular weight excluding hydrogens is 287 g/mol. The molecule has 1 aromatic rings. The van der Waals surface area contributed by atoms with Crippen molar-refractivity contribution in [1.82, 2.24) is 4.72 Å². The molecule has 0 aliphatic carbocycles. The fourth-order valence-corrected chi connectivity index (χ4v) is 3.02. The summed E-state index contributed by atoms with van der Waals surface area (Å²) in [5, 5.41) is -0.310. The number of anilines is 1. The third-order valence-electron chi connectivity index (χ3n) is 1.90. The van der Waals surface area contributed by atoms with Gasteiger partial charge in [-0.2, -0.15) is 11.8 Å². The molecule has 0 aliphatic rings. The van der Waals surface area contributed by atoms with Gasteiger partial charge >= 0.3 is 0 Å². The lowest BCUT2D eigenvalue weighted by molar-refractivity contribution is 0.559. The molecule has 8 heteroatoms. The van der Waals surface area contributed by atoms with Gasteiger partial charge in [0.25, 0.3) is 0 Å². The van der Waals surface area contributed by atoms with E-state index in [1.807, 2.05) is 6.26 Å². The topological polar surface area (TPSA) is 72.2 Å². The quantitative estimate of drug-likeness (QED) is 0.641. The molecule has 0 saturated heterocycles. The monoisotopic (exact) mass is 298 g/mol. The van der Waals surface area contributed by atoms with Gasteiger partial charge in [0.15, 0.2) is 5.82 Å². The number of sulfonamides is 1. The van der Waals surface area contributed by atoms with Gasteiger partial charge in [-0.15, -0.1) is 0 Å². The van der Waals surface area contributed by atoms with Gasteiger partial charge in [0.05, 0.1) is 5.02 Å². The Bertz CT molecular complexity index is 508.